The first-order valence-corrected chi connectivity index (χ1v) is 8.52. The zero-order valence-corrected chi connectivity index (χ0v) is 13.5. The zero-order valence-electron chi connectivity index (χ0n) is 13.5. The monoisotopic (exact) mass is 295 g/mol. The standard InChI is InChI=1S/C17H29NO3/c1-3-21-17(20)16-10-15(11-18(12-16)13(2)19)9-14-7-5-4-6-8-14/h14-16H,3-12H2,1-2H3/t15-,16-/m0/s1. The number of carbonyl (C=O) groups excluding carboxylic acids is 2. The number of ether oxygens (including phenoxy) is 1. The fourth-order valence-electron chi connectivity index (χ4n) is 3.96. The molecule has 2 atom stereocenters. The van der Waals surface area contributed by atoms with Gasteiger partial charge in [0, 0.05) is 20.0 Å². The topological polar surface area (TPSA) is 46.6 Å². The minimum Gasteiger partial charge on any atom is -0.466 e. The predicted molar refractivity (Wildman–Crippen MR) is 81.7 cm³/mol. The summed E-state index contributed by atoms with van der Waals surface area (Å²) in [6.07, 6.45) is 8.75. The van der Waals surface area contributed by atoms with Gasteiger partial charge in [-0.3, -0.25) is 9.59 Å². The molecule has 1 heterocycles. The third kappa shape index (κ3) is 4.72. The van der Waals surface area contributed by atoms with Crippen molar-refractivity contribution in [2.75, 3.05) is 19.7 Å². The van der Waals surface area contributed by atoms with E-state index < -0.39 is 0 Å². The molecule has 0 unspecified atom stereocenters. The lowest BCUT2D eigenvalue weighted by Crippen LogP contribution is -2.46. The molecule has 0 radical (unpaired) electrons. The summed E-state index contributed by atoms with van der Waals surface area (Å²) in [5.74, 6) is 1.07. The summed E-state index contributed by atoms with van der Waals surface area (Å²) in [5.41, 5.74) is 0. The molecule has 120 valence electrons. The van der Waals surface area contributed by atoms with E-state index in [4.69, 9.17) is 4.74 Å². The van der Waals surface area contributed by atoms with Crippen molar-refractivity contribution >= 4 is 11.9 Å². The van der Waals surface area contributed by atoms with Crippen molar-refractivity contribution in [1.29, 1.82) is 0 Å². The predicted octanol–water partition coefficient (Wildman–Crippen LogP) is 3.00. The molecule has 0 aromatic rings. The number of carbonyl (C=O) groups is 2. The molecule has 0 spiro atoms. The Hall–Kier alpha value is -1.06. The van der Waals surface area contributed by atoms with Crippen LogP contribution >= 0.6 is 0 Å². The molecule has 4 heteroatoms. The average molecular weight is 295 g/mol. The number of rotatable bonds is 4. The van der Waals surface area contributed by atoms with Gasteiger partial charge in [-0.2, -0.15) is 0 Å². The van der Waals surface area contributed by atoms with Gasteiger partial charge < -0.3 is 9.64 Å². The summed E-state index contributed by atoms with van der Waals surface area (Å²) in [7, 11) is 0. The third-order valence-electron chi connectivity index (χ3n) is 4.99. The lowest BCUT2D eigenvalue weighted by atomic mass is 9.78. The van der Waals surface area contributed by atoms with Gasteiger partial charge in [-0.15, -0.1) is 0 Å². The molecule has 1 aliphatic heterocycles. The summed E-state index contributed by atoms with van der Waals surface area (Å²) in [6, 6.07) is 0. The number of esters is 1. The highest BCUT2D eigenvalue weighted by Gasteiger charge is 2.34. The number of piperidine rings is 1. The van der Waals surface area contributed by atoms with Gasteiger partial charge in [-0.1, -0.05) is 32.1 Å². The van der Waals surface area contributed by atoms with E-state index in [2.05, 4.69) is 0 Å². The van der Waals surface area contributed by atoms with Gasteiger partial charge in [-0.05, 0) is 31.6 Å². The van der Waals surface area contributed by atoms with Crippen molar-refractivity contribution in [1.82, 2.24) is 4.90 Å². The second-order valence-electron chi connectivity index (χ2n) is 6.71. The van der Waals surface area contributed by atoms with Crippen LogP contribution in [0.1, 0.15) is 58.8 Å². The van der Waals surface area contributed by atoms with Crippen molar-refractivity contribution in [2.24, 2.45) is 17.8 Å². The van der Waals surface area contributed by atoms with Gasteiger partial charge in [0.15, 0.2) is 0 Å². The lowest BCUT2D eigenvalue weighted by molar-refractivity contribution is -0.152. The second kappa shape index (κ2) is 7.81. The Morgan fingerprint density at radius 3 is 2.43 bits per heavy atom. The van der Waals surface area contributed by atoms with E-state index in [-0.39, 0.29) is 17.8 Å². The van der Waals surface area contributed by atoms with Crippen molar-refractivity contribution in [2.45, 2.75) is 58.8 Å². The molecular formula is C17H29NO3. The van der Waals surface area contributed by atoms with Crippen LogP contribution in [0.4, 0.5) is 0 Å². The lowest BCUT2D eigenvalue weighted by Gasteiger charge is -2.38. The van der Waals surface area contributed by atoms with Crippen molar-refractivity contribution in [3.05, 3.63) is 0 Å². The van der Waals surface area contributed by atoms with E-state index in [1.807, 2.05) is 11.8 Å². The van der Waals surface area contributed by atoms with Crippen LogP contribution in [0.5, 0.6) is 0 Å². The Balaban J connectivity index is 1.95. The summed E-state index contributed by atoms with van der Waals surface area (Å²) in [6.45, 7) is 5.22. The Labute approximate surface area is 128 Å². The minimum atomic E-state index is -0.129. The number of hydrogen-bond donors (Lipinski definition) is 0. The van der Waals surface area contributed by atoms with Gasteiger partial charge in [0.05, 0.1) is 12.5 Å². The first-order chi connectivity index (χ1) is 10.1. The smallest absolute Gasteiger partial charge is 0.310 e. The third-order valence-corrected chi connectivity index (χ3v) is 4.99. The molecular weight excluding hydrogens is 266 g/mol. The van der Waals surface area contributed by atoms with Crippen molar-refractivity contribution in [3.63, 3.8) is 0 Å². The number of nitrogens with zero attached hydrogens (tertiary/aromatic N) is 1. The first-order valence-electron chi connectivity index (χ1n) is 8.52. The van der Waals surface area contributed by atoms with Crippen LogP contribution in [0, 0.1) is 17.8 Å². The van der Waals surface area contributed by atoms with Crippen LogP contribution < -0.4 is 0 Å². The van der Waals surface area contributed by atoms with Crippen LogP contribution in [0.25, 0.3) is 0 Å². The fraction of sp³-hybridized carbons (Fsp3) is 0.882. The molecule has 2 fully saturated rings. The molecule has 1 amide bonds. The molecule has 0 N–H and O–H groups in total. The fourth-order valence-corrected chi connectivity index (χ4v) is 3.96. The highest BCUT2D eigenvalue weighted by molar-refractivity contribution is 5.76. The average Bonchev–Trinajstić information content (AvgIpc) is 2.48. The van der Waals surface area contributed by atoms with Crippen LogP contribution in [-0.2, 0) is 14.3 Å². The van der Waals surface area contributed by atoms with Gasteiger partial charge >= 0.3 is 5.97 Å². The molecule has 4 nitrogen and oxygen atoms in total. The van der Waals surface area contributed by atoms with Crippen LogP contribution in [-0.4, -0.2) is 36.5 Å². The van der Waals surface area contributed by atoms with E-state index in [1.165, 1.54) is 38.5 Å². The largest absolute Gasteiger partial charge is 0.466 e. The highest BCUT2D eigenvalue weighted by Crippen LogP contribution is 2.34. The molecule has 1 aliphatic carbocycles. The number of amides is 1. The Morgan fingerprint density at radius 1 is 1.10 bits per heavy atom. The molecule has 2 aliphatic rings. The van der Waals surface area contributed by atoms with Gasteiger partial charge in [-0.25, -0.2) is 0 Å². The maximum Gasteiger partial charge on any atom is 0.310 e. The molecule has 2 rings (SSSR count). The number of hydrogen-bond acceptors (Lipinski definition) is 3. The SMILES string of the molecule is CCOC(=O)[C@H]1C[C@H](CC2CCCCC2)CN(C(C)=O)C1. The number of likely N-dealkylation sites (tertiary alicyclic amines) is 1. The Kier molecular flexibility index (Phi) is 6.07. The maximum atomic E-state index is 12.0. The summed E-state index contributed by atoms with van der Waals surface area (Å²) >= 11 is 0. The molecule has 1 saturated heterocycles. The van der Waals surface area contributed by atoms with E-state index in [0.717, 1.165) is 18.9 Å². The van der Waals surface area contributed by atoms with Crippen LogP contribution in [0.2, 0.25) is 0 Å². The first kappa shape index (κ1) is 16.3. The second-order valence-corrected chi connectivity index (χ2v) is 6.71. The summed E-state index contributed by atoms with van der Waals surface area (Å²) < 4.78 is 5.17. The summed E-state index contributed by atoms with van der Waals surface area (Å²) in [4.78, 5) is 25.6. The van der Waals surface area contributed by atoms with E-state index in [1.54, 1.807) is 6.92 Å². The van der Waals surface area contributed by atoms with Gasteiger partial charge in [0.1, 0.15) is 0 Å². The maximum absolute atomic E-state index is 12.0. The quantitative estimate of drug-likeness (QED) is 0.749. The van der Waals surface area contributed by atoms with E-state index >= 15 is 0 Å². The van der Waals surface area contributed by atoms with E-state index in [0.29, 0.717) is 19.1 Å². The molecule has 1 saturated carbocycles. The molecule has 0 aromatic heterocycles. The van der Waals surface area contributed by atoms with Crippen molar-refractivity contribution in [3.8, 4) is 0 Å². The Bertz CT molecular complexity index is 363. The van der Waals surface area contributed by atoms with Crippen molar-refractivity contribution < 1.29 is 14.3 Å². The minimum absolute atomic E-state index is 0.0812. The summed E-state index contributed by atoms with van der Waals surface area (Å²) in [5, 5.41) is 0. The molecule has 21 heavy (non-hydrogen) atoms. The van der Waals surface area contributed by atoms with Crippen LogP contribution in [0.15, 0.2) is 0 Å². The van der Waals surface area contributed by atoms with Crippen LogP contribution in [0.3, 0.4) is 0 Å². The van der Waals surface area contributed by atoms with E-state index in [9.17, 15) is 9.59 Å². The molecule has 0 bridgehead atoms. The Morgan fingerprint density at radius 2 is 1.81 bits per heavy atom. The highest BCUT2D eigenvalue weighted by atomic mass is 16.5. The normalized spacial score (nSPS) is 27.4. The zero-order chi connectivity index (χ0) is 15.2. The van der Waals surface area contributed by atoms with Gasteiger partial charge in [0.25, 0.3) is 0 Å². The van der Waals surface area contributed by atoms with Gasteiger partial charge in [0.2, 0.25) is 5.91 Å². The molecule has 0 aromatic carbocycles.